The largest absolute Gasteiger partial charge is 0.466 e. The van der Waals surface area contributed by atoms with Crippen molar-refractivity contribution in [2.24, 2.45) is 5.92 Å². The third-order valence-corrected chi connectivity index (χ3v) is 8.88. The third-order valence-electron chi connectivity index (χ3n) is 8.88. The number of fused-ring (bicyclic) bond motifs is 2. The number of carbonyl (C=O) groups excluding carboxylic acids is 2. The summed E-state index contributed by atoms with van der Waals surface area (Å²) in [6, 6.07) is 22.0. The highest BCUT2D eigenvalue weighted by Crippen LogP contribution is 2.62. The molecule has 0 aromatic heterocycles. The van der Waals surface area contributed by atoms with Gasteiger partial charge in [0.05, 0.1) is 17.9 Å². The molecule has 192 valence electrons. The van der Waals surface area contributed by atoms with Crippen LogP contribution in [0.5, 0.6) is 0 Å². The van der Waals surface area contributed by atoms with Crippen LogP contribution in [0.25, 0.3) is 10.8 Å². The Morgan fingerprint density at radius 2 is 1.73 bits per heavy atom. The molecule has 4 aliphatic rings. The van der Waals surface area contributed by atoms with Gasteiger partial charge in [-0.05, 0) is 66.1 Å². The SMILES string of the molecule is CC.CCOC(=O)C1CC12C(=O)N(C1CCN(C3Cc4cccc5cccc3c45)CC1)c1ccccc12. The van der Waals surface area contributed by atoms with E-state index in [1.165, 1.54) is 21.9 Å². The van der Waals surface area contributed by atoms with Crippen molar-refractivity contribution in [3.63, 3.8) is 0 Å². The van der Waals surface area contributed by atoms with Crippen LogP contribution in [0.4, 0.5) is 5.69 Å². The van der Waals surface area contributed by atoms with Gasteiger partial charge in [0, 0.05) is 30.9 Å². The summed E-state index contributed by atoms with van der Waals surface area (Å²) in [5.41, 5.74) is 4.22. The molecule has 1 spiro atoms. The van der Waals surface area contributed by atoms with E-state index in [1.54, 1.807) is 0 Å². The third kappa shape index (κ3) is 3.54. The smallest absolute Gasteiger partial charge is 0.310 e. The zero-order valence-electron chi connectivity index (χ0n) is 22.1. The summed E-state index contributed by atoms with van der Waals surface area (Å²) in [5.74, 6) is -0.478. The molecule has 7 rings (SSSR count). The fourth-order valence-electron chi connectivity index (χ4n) is 7.18. The minimum Gasteiger partial charge on any atom is -0.466 e. The molecule has 37 heavy (non-hydrogen) atoms. The first-order valence-corrected chi connectivity index (χ1v) is 14.0. The number of rotatable bonds is 4. The topological polar surface area (TPSA) is 49.9 Å². The number of anilines is 1. The fourth-order valence-corrected chi connectivity index (χ4v) is 7.18. The molecule has 3 unspecified atom stereocenters. The predicted octanol–water partition coefficient (Wildman–Crippen LogP) is 5.80. The van der Waals surface area contributed by atoms with E-state index < -0.39 is 5.41 Å². The first-order valence-electron chi connectivity index (χ1n) is 14.0. The molecule has 0 bridgehead atoms. The predicted molar refractivity (Wildman–Crippen MR) is 147 cm³/mol. The van der Waals surface area contributed by atoms with Crippen LogP contribution in [0.2, 0.25) is 0 Å². The number of para-hydroxylation sites is 1. The van der Waals surface area contributed by atoms with Crippen LogP contribution in [0.1, 0.15) is 62.8 Å². The molecule has 0 N–H and O–H groups in total. The van der Waals surface area contributed by atoms with Gasteiger partial charge in [-0.15, -0.1) is 0 Å². The fraction of sp³-hybridized carbons (Fsp3) is 0.438. The van der Waals surface area contributed by atoms with Crippen molar-refractivity contribution in [2.45, 2.75) is 64.0 Å². The van der Waals surface area contributed by atoms with Gasteiger partial charge in [0.15, 0.2) is 0 Å². The summed E-state index contributed by atoms with van der Waals surface area (Å²) < 4.78 is 5.30. The van der Waals surface area contributed by atoms with E-state index in [0.29, 0.717) is 19.1 Å². The Bertz CT molecular complexity index is 1350. The first-order chi connectivity index (χ1) is 18.1. The van der Waals surface area contributed by atoms with Crippen molar-refractivity contribution in [1.29, 1.82) is 0 Å². The normalized spacial score (nSPS) is 26.2. The van der Waals surface area contributed by atoms with Crippen molar-refractivity contribution in [3.05, 3.63) is 77.4 Å². The van der Waals surface area contributed by atoms with E-state index in [0.717, 1.165) is 43.6 Å². The Hall–Kier alpha value is -3.18. The summed E-state index contributed by atoms with van der Waals surface area (Å²) in [4.78, 5) is 31.1. The zero-order valence-corrected chi connectivity index (χ0v) is 22.1. The molecule has 3 aromatic rings. The Morgan fingerprint density at radius 3 is 2.49 bits per heavy atom. The van der Waals surface area contributed by atoms with Gasteiger partial charge < -0.3 is 9.64 Å². The number of ether oxygens (including phenoxy) is 1. The molecule has 1 amide bonds. The van der Waals surface area contributed by atoms with E-state index in [-0.39, 0.29) is 23.8 Å². The number of hydrogen-bond donors (Lipinski definition) is 0. The Balaban J connectivity index is 0.00000123. The molecular weight excluding hydrogens is 460 g/mol. The van der Waals surface area contributed by atoms with Gasteiger partial charge in [0.1, 0.15) is 0 Å². The van der Waals surface area contributed by atoms with Gasteiger partial charge >= 0.3 is 5.97 Å². The maximum Gasteiger partial charge on any atom is 0.310 e. The number of likely N-dealkylation sites (tertiary alicyclic amines) is 1. The lowest BCUT2D eigenvalue weighted by Gasteiger charge is -2.40. The quantitative estimate of drug-likeness (QED) is 0.429. The molecule has 2 aliphatic carbocycles. The Labute approximate surface area is 219 Å². The highest BCUT2D eigenvalue weighted by Gasteiger charge is 2.70. The maximum atomic E-state index is 13.9. The van der Waals surface area contributed by atoms with Crippen LogP contribution >= 0.6 is 0 Å². The summed E-state index contributed by atoms with van der Waals surface area (Å²) in [7, 11) is 0. The second-order valence-electron chi connectivity index (χ2n) is 10.5. The van der Waals surface area contributed by atoms with Crippen LogP contribution in [-0.2, 0) is 26.2 Å². The van der Waals surface area contributed by atoms with Crippen LogP contribution in [0.3, 0.4) is 0 Å². The van der Waals surface area contributed by atoms with Gasteiger partial charge in [0.25, 0.3) is 0 Å². The second kappa shape index (κ2) is 9.29. The Kier molecular flexibility index (Phi) is 6.07. The molecule has 5 heteroatoms. The van der Waals surface area contributed by atoms with E-state index in [1.807, 2.05) is 43.9 Å². The van der Waals surface area contributed by atoms with Gasteiger partial charge in [-0.25, -0.2) is 0 Å². The van der Waals surface area contributed by atoms with E-state index in [4.69, 9.17) is 4.74 Å². The van der Waals surface area contributed by atoms with Crippen molar-refractivity contribution in [1.82, 2.24) is 4.90 Å². The number of piperidine rings is 1. The van der Waals surface area contributed by atoms with E-state index >= 15 is 0 Å². The lowest BCUT2D eigenvalue weighted by Crippen LogP contribution is -2.48. The number of amides is 1. The van der Waals surface area contributed by atoms with Gasteiger partial charge in [-0.1, -0.05) is 68.4 Å². The molecule has 3 atom stereocenters. The standard InChI is InChI=1S/C30H30N2O3.C2H6/c1-2-35-28(33)24-18-30(24)23-11-3-4-12-25(23)32(29(30)34)21-13-15-31(16-14-21)26-17-20-9-5-7-19-8-6-10-22(26)27(19)20;1-2/h3-12,21,24,26H,2,13-18H2,1H3;1-2H3. The average Bonchev–Trinajstić information content (AvgIpc) is 3.52. The Morgan fingerprint density at radius 1 is 1.00 bits per heavy atom. The summed E-state index contributed by atoms with van der Waals surface area (Å²) in [6.07, 6.45) is 3.53. The number of nitrogens with zero attached hydrogens (tertiary/aromatic N) is 2. The molecule has 2 fully saturated rings. The highest BCUT2D eigenvalue weighted by atomic mass is 16.5. The number of benzene rings is 3. The summed E-state index contributed by atoms with van der Waals surface area (Å²) in [6.45, 7) is 8.11. The van der Waals surface area contributed by atoms with E-state index in [9.17, 15) is 9.59 Å². The molecule has 1 saturated carbocycles. The number of carbonyl (C=O) groups is 2. The van der Waals surface area contributed by atoms with E-state index in [2.05, 4.69) is 47.4 Å². The van der Waals surface area contributed by atoms with Crippen molar-refractivity contribution in [2.75, 3.05) is 24.6 Å². The minimum atomic E-state index is -0.706. The van der Waals surface area contributed by atoms with Gasteiger partial charge in [-0.2, -0.15) is 0 Å². The maximum absolute atomic E-state index is 13.9. The van der Waals surface area contributed by atoms with Gasteiger partial charge in [0.2, 0.25) is 5.91 Å². The molecule has 3 aromatic carbocycles. The molecule has 0 radical (unpaired) electrons. The second-order valence-corrected chi connectivity index (χ2v) is 10.5. The minimum absolute atomic E-state index is 0.105. The molecule has 2 aliphatic heterocycles. The molecule has 5 nitrogen and oxygen atoms in total. The van der Waals surface area contributed by atoms with Crippen LogP contribution in [-0.4, -0.2) is 42.5 Å². The zero-order chi connectivity index (χ0) is 25.7. The molecule has 2 heterocycles. The van der Waals surface area contributed by atoms with Crippen molar-refractivity contribution < 1.29 is 14.3 Å². The molecule has 1 saturated heterocycles. The van der Waals surface area contributed by atoms with Crippen molar-refractivity contribution >= 4 is 28.3 Å². The lowest BCUT2D eigenvalue weighted by molar-refractivity contribution is -0.146. The van der Waals surface area contributed by atoms with Gasteiger partial charge in [-0.3, -0.25) is 14.5 Å². The molecular formula is C32H36N2O3. The summed E-state index contributed by atoms with van der Waals surface area (Å²) >= 11 is 0. The number of esters is 1. The number of hydrogen-bond acceptors (Lipinski definition) is 4. The van der Waals surface area contributed by atoms with Crippen molar-refractivity contribution in [3.8, 4) is 0 Å². The summed E-state index contributed by atoms with van der Waals surface area (Å²) in [5, 5.41) is 2.77. The van der Waals surface area contributed by atoms with Crippen LogP contribution in [0.15, 0.2) is 60.7 Å². The first kappa shape index (κ1) is 24.2. The lowest BCUT2D eigenvalue weighted by atomic mass is 9.95. The highest BCUT2D eigenvalue weighted by molar-refractivity contribution is 6.14. The average molecular weight is 497 g/mol. The van der Waals surface area contributed by atoms with Crippen LogP contribution < -0.4 is 4.90 Å². The van der Waals surface area contributed by atoms with Crippen LogP contribution in [0, 0.1) is 5.92 Å². The monoisotopic (exact) mass is 496 g/mol.